The standard InChI is InChI=1S/C21H19FN4OS3/c1-2-26-20(17-6-4-12-29-17)24-25-21(26)30-13-18(27)23-19(16-5-3-11-28-16)14-7-9-15(22)10-8-14/h3-12,19H,2,13H2,1H3,(H,23,27)/t19-/m0/s1. The average molecular weight is 459 g/mol. The van der Waals surface area contributed by atoms with Crippen LogP contribution in [0.25, 0.3) is 10.7 Å². The highest BCUT2D eigenvalue weighted by Gasteiger charge is 2.20. The van der Waals surface area contributed by atoms with Gasteiger partial charge in [0.1, 0.15) is 5.82 Å². The minimum Gasteiger partial charge on any atom is -0.344 e. The predicted octanol–water partition coefficient (Wildman–Crippen LogP) is 5.23. The van der Waals surface area contributed by atoms with E-state index in [2.05, 4.69) is 15.5 Å². The number of halogens is 1. The highest BCUT2D eigenvalue weighted by atomic mass is 32.2. The molecule has 3 aromatic heterocycles. The van der Waals surface area contributed by atoms with Crippen LogP contribution in [-0.2, 0) is 11.3 Å². The molecule has 0 saturated carbocycles. The number of thiophene rings is 2. The molecule has 1 atom stereocenters. The fourth-order valence-corrected chi connectivity index (χ4v) is 5.36. The van der Waals surface area contributed by atoms with Gasteiger partial charge in [0.05, 0.1) is 16.7 Å². The summed E-state index contributed by atoms with van der Waals surface area (Å²) in [6.07, 6.45) is 0. The summed E-state index contributed by atoms with van der Waals surface area (Å²) in [5.74, 6) is 0.612. The zero-order valence-electron chi connectivity index (χ0n) is 16.1. The van der Waals surface area contributed by atoms with Crippen molar-refractivity contribution in [1.29, 1.82) is 0 Å². The van der Waals surface area contributed by atoms with Crippen LogP contribution in [0.15, 0.2) is 64.4 Å². The quantitative estimate of drug-likeness (QED) is 0.368. The normalized spacial score (nSPS) is 12.1. The Kier molecular flexibility index (Phi) is 6.61. The monoisotopic (exact) mass is 458 g/mol. The lowest BCUT2D eigenvalue weighted by atomic mass is 10.1. The number of nitrogens with one attached hydrogen (secondary N) is 1. The van der Waals surface area contributed by atoms with Gasteiger partial charge < -0.3 is 9.88 Å². The van der Waals surface area contributed by atoms with Crippen LogP contribution in [0, 0.1) is 5.82 Å². The summed E-state index contributed by atoms with van der Waals surface area (Å²) in [5.41, 5.74) is 0.842. The number of nitrogens with zero attached hydrogens (tertiary/aromatic N) is 3. The number of thioether (sulfide) groups is 1. The van der Waals surface area contributed by atoms with Crippen LogP contribution in [0.5, 0.6) is 0 Å². The molecule has 1 aromatic carbocycles. The van der Waals surface area contributed by atoms with E-state index >= 15 is 0 Å². The maximum Gasteiger partial charge on any atom is 0.231 e. The van der Waals surface area contributed by atoms with E-state index in [1.807, 2.05) is 46.5 Å². The van der Waals surface area contributed by atoms with Gasteiger partial charge in [0.25, 0.3) is 0 Å². The molecule has 4 aromatic rings. The fourth-order valence-electron chi connectivity index (χ4n) is 3.03. The molecule has 0 unspecified atom stereocenters. The van der Waals surface area contributed by atoms with Gasteiger partial charge in [0, 0.05) is 11.4 Å². The van der Waals surface area contributed by atoms with Gasteiger partial charge in [-0.1, -0.05) is 36.0 Å². The van der Waals surface area contributed by atoms with Crippen molar-refractivity contribution in [3.63, 3.8) is 0 Å². The zero-order chi connectivity index (χ0) is 20.9. The molecular weight excluding hydrogens is 439 g/mol. The molecule has 0 bridgehead atoms. The Balaban J connectivity index is 1.46. The minimum absolute atomic E-state index is 0.119. The molecule has 4 rings (SSSR count). The van der Waals surface area contributed by atoms with Crippen molar-refractivity contribution >= 4 is 40.3 Å². The Morgan fingerprint density at radius 1 is 1.13 bits per heavy atom. The molecule has 0 spiro atoms. The van der Waals surface area contributed by atoms with Crippen LogP contribution in [0.4, 0.5) is 4.39 Å². The van der Waals surface area contributed by atoms with Gasteiger partial charge in [-0.05, 0) is 47.5 Å². The van der Waals surface area contributed by atoms with Crippen molar-refractivity contribution in [2.75, 3.05) is 5.75 Å². The van der Waals surface area contributed by atoms with Crippen molar-refractivity contribution in [3.8, 4) is 10.7 Å². The summed E-state index contributed by atoms with van der Waals surface area (Å²) in [6.45, 7) is 2.75. The van der Waals surface area contributed by atoms with E-state index in [0.717, 1.165) is 27.7 Å². The third-order valence-electron chi connectivity index (χ3n) is 4.44. The number of hydrogen-bond acceptors (Lipinski definition) is 6. The number of amides is 1. The Hall–Kier alpha value is -2.49. The summed E-state index contributed by atoms with van der Waals surface area (Å²) < 4.78 is 15.4. The van der Waals surface area contributed by atoms with Crippen molar-refractivity contribution in [2.24, 2.45) is 0 Å². The first kappa shape index (κ1) is 20.8. The van der Waals surface area contributed by atoms with E-state index in [1.165, 1.54) is 23.9 Å². The molecule has 0 aliphatic carbocycles. The van der Waals surface area contributed by atoms with Gasteiger partial charge in [0.15, 0.2) is 11.0 Å². The molecule has 1 N–H and O–H groups in total. The summed E-state index contributed by atoms with van der Waals surface area (Å²) >= 11 is 4.53. The molecule has 1 amide bonds. The highest BCUT2D eigenvalue weighted by molar-refractivity contribution is 7.99. The van der Waals surface area contributed by atoms with Crippen molar-refractivity contribution in [1.82, 2.24) is 20.1 Å². The molecule has 30 heavy (non-hydrogen) atoms. The molecule has 0 radical (unpaired) electrons. The second-order valence-corrected chi connectivity index (χ2v) is 9.25. The van der Waals surface area contributed by atoms with Gasteiger partial charge in [-0.15, -0.1) is 32.9 Å². The van der Waals surface area contributed by atoms with Crippen molar-refractivity contribution < 1.29 is 9.18 Å². The van der Waals surface area contributed by atoms with E-state index in [0.29, 0.717) is 5.16 Å². The smallest absolute Gasteiger partial charge is 0.231 e. The molecule has 0 aliphatic rings. The third-order valence-corrected chi connectivity index (χ3v) is 7.21. The molecule has 154 valence electrons. The third kappa shape index (κ3) is 4.63. The second-order valence-electron chi connectivity index (χ2n) is 6.38. The first-order valence-electron chi connectivity index (χ1n) is 9.33. The van der Waals surface area contributed by atoms with E-state index in [1.54, 1.807) is 34.8 Å². The molecule has 0 aliphatic heterocycles. The van der Waals surface area contributed by atoms with Gasteiger partial charge in [0.2, 0.25) is 5.91 Å². The number of hydrogen-bond donors (Lipinski definition) is 1. The molecular formula is C21H19FN4OS3. The lowest BCUT2D eigenvalue weighted by Crippen LogP contribution is -2.30. The van der Waals surface area contributed by atoms with Crippen LogP contribution >= 0.6 is 34.4 Å². The van der Waals surface area contributed by atoms with Crippen LogP contribution in [-0.4, -0.2) is 26.4 Å². The van der Waals surface area contributed by atoms with E-state index in [9.17, 15) is 9.18 Å². The maximum atomic E-state index is 13.3. The molecule has 0 fully saturated rings. The van der Waals surface area contributed by atoms with Gasteiger partial charge in [-0.3, -0.25) is 4.79 Å². The zero-order valence-corrected chi connectivity index (χ0v) is 18.6. The first-order chi connectivity index (χ1) is 14.7. The summed E-state index contributed by atoms with van der Waals surface area (Å²) in [5, 5.41) is 16.3. The lowest BCUT2D eigenvalue weighted by molar-refractivity contribution is -0.119. The lowest BCUT2D eigenvalue weighted by Gasteiger charge is -2.18. The maximum absolute atomic E-state index is 13.3. The van der Waals surface area contributed by atoms with Gasteiger partial charge in [-0.2, -0.15) is 0 Å². The fraction of sp³-hybridized carbons (Fsp3) is 0.190. The average Bonchev–Trinajstić information content (AvgIpc) is 3.52. The molecule has 3 heterocycles. The largest absolute Gasteiger partial charge is 0.344 e. The van der Waals surface area contributed by atoms with E-state index in [4.69, 9.17) is 0 Å². The number of carbonyl (C=O) groups excluding carboxylic acids is 1. The topological polar surface area (TPSA) is 59.8 Å². The highest BCUT2D eigenvalue weighted by Crippen LogP contribution is 2.28. The molecule has 0 saturated heterocycles. The van der Waals surface area contributed by atoms with Gasteiger partial charge in [-0.25, -0.2) is 4.39 Å². The number of benzene rings is 1. The molecule has 9 heteroatoms. The van der Waals surface area contributed by atoms with Crippen molar-refractivity contribution in [2.45, 2.75) is 24.7 Å². The summed E-state index contributed by atoms with van der Waals surface area (Å²) in [7, 11) is 0. The van der Waals surface area contributed by atoms with Crippen LogP contribution in [0.3, 0.4) is 0 Å². The van der Waals surface area contributed by atoms with E-state index in [-0.39, 0.29) is 23.5 Å². The SMILES string of the molecule is CCn1c(SCC(=O)N[C@@H](c2ccc(F)cc2)c2cccs2)nnc1-c1cccs1. The van der Waals surface area contributed by atoms with Crippen LogP contribution in [0.1, 0.15) is 23.4 Å². The van der Waals surface area contributed by atoms with E-state index < -0.39 is 0 Å². The number of aromatic nitrogens is 3. The Morgan fingerprint density at radius 2 is 1.90 bits per heavy atom. The summed E-state index contributed by atoms with van der Waals surface area (Å²) in [6, 6.07) is 13.8. The Morgan fingerprint density at radius 3 is 2.57 bits per heavy atom. The first-order valence-corrected chi connectivity index (χ1v) is 12.1. The van der Waals surface area contributed by atoms with Gasteiger partial charge >= 0.3 is 0 Å². The predicted molar refractivity (Wildman–Crippen MR) is 120 cm³/mol. The van der Waals surface area contributed by atoms with Crippen molar-refractivity contribution in [3.05, 3.63) is 75.5 Å². The molecule has 5 nitrogen and oxygen atoms in total. The summed E-state index contributed by atoms with van der Waals surface area (Å²) in [4.78, 5) is 14.8. The number of carbonyl (C=O) groups is 1. The minimum atomic E-state index is -0.315. The number of rotatable bonds is 8. The van der Waals surface area contributed by atoms with Crippen LogP contribution in [0.2, 0.25) is 0 Å². The Bertz CT molecular complexity index is 1090. The van der Waals surface area contributed by atoms with Crippen LogP contribution < -0.4 is 5.32 Å². The Labute approximate surface area is 186 Å². The second kappa shape index (κ2) is 9.55.